The van der Waals surface area contributed by atoms with Crippen molar-refractivity contribution >= 4 is 28.9 Å². The smallest absolute Gasteiger partial charge is 0.270 e. The number of carbonyl (C=O) groups is 1. The molecule has 1 amide bonds. The molecule has 4 rings (SSSR count). The van der Waals surface area contributed by atoms with Gasteiger partial charge in [0.1, 0.15) is 0 Å². The van der Waals surface area contributed by atoms with Gasteiger partial charge in [-0.05, 0) is 43.0 Å². The summed E-state index contributed by atoms with van der Waals surface area (Å²) in [5.74, 6) is -0.300. The number of halogens is 1. The Kier molecular flexibility index (Phi) is 7.80. The number of amides is 1. The summed E-state index contributed by atoms with van der Waals surface area (Å²) < 4.78 is 5.50. The molecule has 2 aromatic rings. The van der Waals surface area contributed by atoms with Gasteiger partial charge in [0.25, 0.3) is 11.6 Å². The number of carbonyl (C=O) groups excluding carboxylic acids is 1. The maximum Gasteiger partial charge on any atom is 0.270 e. The van der Waals surface area contributed by atoms with Crippen molar-refractivity contribution in [2.45, 2.75) is 25.3 Å². The number of nitrogens with one attached hydrogen (secondary N) is 1. The van der Waals surface area contributed by atoms with E-state index in [-0.39, 0.29) is 17.6 Å². The molecule has 2 aromatic carbocycles. The van der Waals surface area contributed by atoms with E-state index in [0.29, 0.717) is 30.3 Å². The van der Waals surface area contributed by atoms with Gasteiger partial charge in [-0.25, -0.2) is 0 Å². The molecule has 9 heteroatoms. The molecule has 2 aliphatic rings. The molecule has 33 heavy (non-hydrogen) atoms. The van der Waals surface area contributed by atoms with Gasteiger partial charge in [0.05, 0.1) is 35.4 Å². The third-order valence-electron chi connectivity index (χ3n) is 6.33. The number of benzene rings is 2. The molecule has 2 aliphatic heterocycles. The summed E-state index contributed by atoms with van der Waals surface area (Å²) in [5.41, 5.74) is 2.08. The number of ether oxygens (including phenoxy) is 1. The lowest BCUT2D eigenvalue weighted by Gasteiger charge is -2.35. The second-order valence-corrected chi connectivity index (χ2v) is 8.87. The molecule has 2 fully saturated rings. The van der Waals surface area contributed by atoms with E-state index in [2.05, 4.69) is 15.1 Å². The summed E-state index contributed by atoms with van der Waals surface area (Å²) in [6, 6.07) is 12.2. The highest BCUT2D eigenvalue weighted by atomic mass is 35.5. The van der Waals surface area contributed by atoms with E-state index in [9.17, 15) is 14.9 Å². The highest BCUT2D eigenvalue weighted by molar-refractivity contribution is 6.30. The van der Waals surface area contributed by atoms with Crippen molar-refractivity contribution in [3.63, 3.8) is 0 Å². The Balaban J connectivity index is 1.56. The zero-order valence-corrected chi connectivity index (χ0v) is 19.3. The summed E-state index contributed by atoms with van der Waals surface area (Å²) in [4.78, 5) is 28.7. The minimum Gasteiger partial charge on any atom is -0.379 e. The second-order valence-electron chi connectivity index (χ2n) is 8.43. The molecule has 0 radical (unpaired) electrons. The zero-order valence-electron chi connectivity index (χ0n) is 18.5. The second kappa shape index (κ2) is 11.0. The van der Waals surface area contributed by atoms with Crippen LogP contribution in [0.1, 0.15) is 41.2 Å². The van der Waals surface area contributed by atoms with Crippen LogP contribution in [0.4, 0.5) is 11.4 Å². The molecule has 2 saturated heterocycles. The lowest BCUT2D eigenvalue weighted by Crippen LogP contribution is -2.44. The minimum absolute atomic E-state index is 0.0488. The first-order chi connectivity index (χ1) is 16.0. The van der Waals surface area contributed by atoms with E-state index in [4.69, 9.17) is 16.3 Å². The molecule has 0 aromatic heterocycles. The topological polar surface area (TPSA) is 88.0 Å². The predicted molar refractivity (Wildman–Crippen MR) is 128 cm³/mol. The molecule has 1 N–H and O–H groups in total. The van der Waals surface area contributed by atoms with E-state index in [1.54, 1.807) is 6.07 Å². The Bertz CT molecular complexity index is 973. The lowest BCUT2D eigenvalue weighted by atomic mass is 10.0. The van der Waals surface area contributed by atoms with Crippen molar-refractivity contribution in [2.75, 3.05) is 50.8 Å². The Hall–Kier alpha value is -2.68. The van der Waals surface area contributed by atoms with E-state index in [1.165, 1.54) is 12.1 Å². The maximum atomic E-state index is 13.3. The SMILES string of the molecule is O=C(NCC(c1ccc(Cl)cc1)N1CCOCC1)c1cc([N+](=O)[O-])ccc1N1CCCCC1. The molecule has 1 atom stereocenters. The number of morpholine rings is 1. The van der Waals surface area contributed by atoms with Gasteiger partial charge in [0, 0.05) is 49.9 Å². The number of nitro groups is 1. The lowest BCUT2D eigenvalue weighted by molar-refractivity contribution is -0.384. The van der Waals surface area contributed by atoms with Crippen LogP contribution in [0.5, 0.6) is 0 Å². The van der Waals surface area contributed by atoms with Crippen molar-refractivity contribution in [2.24, 2.45) is 0 Å². The molecule has 0 aliphatic carbocycles. The molecular weight excluding hydrogens is 444 g/mol. The van der Waals surface area contributed by atoms with Gasteiger partial charge in [0.15, 0.2) is 0 Å². The number of piperidine rings is 1. The average Bonchev–Trinajstić information content (AvgIpc) is 2.86. The van der Waals surface area contributed by atoms with Gasteiger partial charge >= 0.3 is 0 Å². The fourth-order valence-electron chi connectivity index (χ4n) is 4.55. The fourth-order valence-corrected chi connectivity index (χ4v) is 4.67. The first-order valence-corrected chi connectivity index (χ1v) is 11.8. The van der Waals surface area contributed by atoms with Gasteiger partial charge in [-0.3, -0.25) is 19.8 Å². The fraction of sp³-hybridized carbons (Fsp3) is 0.458. The largest absolute Gasteiger partial charge is 0.379 e. The highest BCUT2D eigenvalue weighted by Crippen LogP contribution is 2.29. The summed E-state index contributed by atoms with van der Waals surface area (Å²) >= 11 is 6.08. The normalized spacial score (nSPS) is 18.0. The van der Waals surface area contributed by atoms with Crippen molar-refractivity contribution in [3.05, 3.63) is 68.7 Å². The molecular formula is C24H29ClN4O4. The van der Waals surface area contributed by atoms with Crippen molar-refractivity contribution in [1.29, 1.82) is 0 Å². The van der Waals surface area contributed by atoms with Crippen LogP contribution in [0.2, 0.25) is 5.02 Å². The van der Waals surface area contributed by atoms with Gasteiger partial charge < -0.3 is 15.0 Å². The van der Waals surface area contributed by atoms with Crippen molar-refractivity contribution in [3.8, 4) is 0 Å². The first kappa shape index (κ1) is 23.5. The Morgan fingerprint density at radius 3 is 2.42 bits per heavy atom. The third kappa shape index (κ3) is 5.82. The Morgan fingerprint density at radius 2 is 1.76 bits per heavy atom. The van der Waals surface area contributed by atoms with Crippen LogP contribution in [0, 0.1) is 10.1 Å². The maximum absolute atomic E-state index is 13.3. The molecule has 0 spiro atoms. The molecule has 2 heterocycles. The van der Waals surface area contributed by atoms with Crippen molar-refractivity contribution in [1.82, 2.24) is 10.2 Å². The zero-order chi connectivity index (χ0) is 23.2. The summed E-state index contributed by atoms with van der Waals surface area (Å²) in [6.07, 6.45) is 3.26. The van der Waals surface area contributed by atoms with Gasteiger partial charge in [-0.2, -0.15) is 0 Å². The van der Waals surface area contributed by atoms with Gasteiger partial charge in [-0.1, -0.05) is 23.7 Å². The standard InChI is InChI=1S/C24H29ClN4O4/c25-19-6-4-18(5-7-19)23(28-12-14-33-15-13-28)17-26-24(30)21-16-20(29(31)32)8-9-22(21)27-10-2-1-3-11-27/h4-9,16,23H,1-3,10-15,17H2,(H,26,30). The minimum atomic E-state index is -0.457. The summed E-state index contributed by atoms with van der Waals surface area (Å²) in [6.45, 7) is 4.88. The first-order valence-electron chi connectivity index (χ1n) is 11.4. The molecule has 0 bridgehead atoms. The molecule has 0 saturated carbocycles. The number of hydrogen-bond acceptors (Lipinski definition) is 6. The predicted octanol–water partition coefficient (Wildman–Crippen LogP) is 4.04. The molecule has 176 valence electrons. The number of nitro benzene ring substituents is 1. The summed E-state index contributed by atoms with van der Waals surface area (Å²) in [5, 5.41) is 15.1. The number of nitrogens with zero attached hydrogens (tertiary/aromatic N) is 3. The van der Waals surface area contributed by atoms with Crippen LogP contribution < -0.4 is 10.2 Å². The quantitative estimate of drug-likeness (QED) is 0.483. The number of rotatable bonds is 7. The Morgan fingerprint density at radius 1 is 1.06 bits per heavy atom. The van der Waals surface area contributed by atoms with Crippen LogP contribution in [0.15, 0.2) is 42.5 Å². The van der Waals surface area contributed by atoms with Crippen LogP contribution in [-0.2, 0) is 4.74 Å². The number of non-ortho nitro benzene ring substituents is 1. The van der Waals surface area contributed by atoms with Gasteiger partial charge in [-0.15, -0.1) is 0 Å². The van der Waals surface area contributed by atoms with E-state index in [1.807, 2.05) is 24.3 Å². The molecule has 1 unspecified atom stereocenters. The van der Waals surface area contributed by atoms with Crippen LogP contribution in [0.25, 0.3) is 0 Å². The summed E-state index contributed by atoms with van der Waals surface area (Å²) in [7, 11) is 0. The van der Waals surface area contributed by atoms with Crippen molar-refractivity contribution < 1.29 is 14.5 Å². The van der Waals surface area contributed by atoms with Crippen LogP contribution in [-0.4, -0.2) is 61.7 Å². The van der Waals surface area contributed by atoms with Gasteiger partial charge in [0.2, 0.25) is 0 Å². The van der Waals surface area contributed by atoms with E-state index < -0.39 is 4.92 Å². The number of hydrogen-bond donors (Lipinski definition) is 1. The van der Waals surface area contributed by atoms with Crippen LogP contribution >= 0.6 is 11.6 Å². The molecule has 8 nitrogen and oxygen atoms in total. The highest BCUT2D eigenvalue weighted by Gasteiger charge is 2.26. The average molecular weight is 473 g/mol. The van der Waals surface area contributed by atoms with Crippen LogP contribution in [0.3, 0.4) is 0 Å². The third-order valence-corrected chi connectivity index (χ3v) is 6.58. The Labute approximate surface area is 198 Å². The number of anilines is 1. The monoisotopic (exact) mass is 472 g/mol. The van der Waals surface area contributed by atoms with E-state index >= 15 is 0 Å². The van der Waals surface area contributed by atoms with E-state index in [0.717, 1.165) is 56.7 Å².